The molecule has 0 radical (unpaired) electrons. The third-order valence-electron chi connectivity index (χ3n) is 2.62. The van der Waals surface area contributed by atoms with Gasteiger partial charge in [0, 0.05) is 13.7 Å². The number of hydrogen-bond donors (Lipinski definition) is 0. The molecule has 18 heavy (non-hydrogen) atoms. The van der Waals surface area contributed by atoms with Crippen LogP contribution in [0.4, 0.5) is 0 Å². The number of aromatic nitrogens is 1. The van der Waals surface area contributed by atoms with Crippen molar-refractivity contribution in [3.63, 3.8) is 0 Å². The normalized spacial score (nSPS) is 10.5. The Bertz CT molecular complexity index is 587. The average molecular weight is 263 g/mol. The number of carbonyl (C=O) groups excluding carboxylic acids is 1. The summed E-state index contributed by atoms with van der Waals surface area (Å²) in [7, 11) is 1.58. The van der Waals surface area contributed by atoms with Gasteiger partial charge >= 0.3 is 0 Å². The van der Waals surface area contributed by atoms with Gasteiger partial charge in [-0.05, 0) is 23.6 Å². The maximum Gasteiger partial charge on any atom is 0.261 e. The molecule has 0 aliphatic carbocycles. The van der Waals surface area contributed by atoms with E-state index in [4.69, 9.17) is 4.74 Å². The Balaban J connectivity index is 2.55. The van der Waals surface area contributed by atoms with Crippen molar-refractivity contribution in [3.8, 4) is 10.6 Å². The largest absolute Gasteiger partial charge is 0.383 e. The molecule has 2 aromatic heterocycles. The first kappa shape index (κ1) is 12.7. The highest BCUT2D eigenvalue weighted by Gasteiger charge is 2.10. The molecule has 0 N–H and O–H groups in total. The Hall–Kier alpha value is -1.72. The molecule has 0 aromatic carbocycles. The van der Waals surface area contributed by atoms with Crippen LogP contribution < -0.4 is 5.56 Å². The minimum Gasteiger partial charge on any atom is -0.383 e. The van der Waals surface area contributed by atoms with E-state index < -0.39 is 0 Å². The molecule has 0 spiro atoms. The lowest BCUT2D eigenvalue weighted by molar-refractivity contribution is 0.112. The molecule has 2 heterocycles. The Labute approximate surface area is 108 Å². The first-order chi connectivity index (χ1) is 8.77. The van der Waals surface area contributed by atoms with Gasteiger partial charge in [-0.25, -0.2) is 0 Å². The molecule has 5 heteroatoms. The maximum atomic E-state index is 12.1. The van der Waals surface area contributed by atoms with E-state index in [0.717, 1.165) is 10.6 Å². The number of rotatable bonds is 5. The molecule has 0 atom stereocenters. The molecule has 4 nitrogen and oxygen atoms in total. The summed E-state index contributed by atoms with van der Waals surface area (Å²) in [4.78, 5) is 23.9. The minimum absolute atomic E-state index is 0.173. The van der Waals surface area contributed by atoms with E-state index in [-0.39, 0.29) is 11.1 Å². The van der Waals surface area contributed by atoms with E-state index in [9.17, 15) is 9.59 Å². The van der Waals surface area contributed by atoms with Crippen molar-refractivity contribution in [2.75, 3.05) is 13.7 Å². The van der Waals surface area contributed by atoms with Gasteiger partial charge < -0.3 is 9.30 Å². The number of pyridine rings is 1. The van der Waals surface area contributed by atoms with Crippen molar-refractivity contribution in [1.82, 2.24) is 4.57 Å². The molecule has 94 valence electrons. The molecule has 0 fully saturated rings. The number of aldehydes is 1. The monoisotopic (exact) mass is 263 g/mol. The van der Waals surface area contributed by atoms with E-state index in [1.165, 1.54) is 0 Å². The van der Waals surface area contributed by atoms with Gasteiger partial charge in [0.1, 0.15) is 0 Å². The third-order valence-corrected chi connectivity index (χ3v) is 3.52. The second-order valence-corrected chi connectivity index (χ2v) is 4.67. The third kappa shape index (κ3) is 2.42. The van der Waals surface area contributed by atoms with E-state index in [0.29, 0.717) is 19.4 Å². The zero-order valence-corrected chi connectivity index (χ0v) is 10.8. The van der Waals surface area contributed by atoms with Crippen molar-refractivity contribution in [3.05, 3.63) is 45.6 Å². The fourth-order valence-corrected chi connectivity index (χ4v) is 2.49. The fourth-order valence-electron chi connectivity index (χ4n) is 1.73. The zero-order valence-electron chi connectivity index (χ0n) is 9.96. The van der Waals surface area contributed by atoms with Gasteiger partial charge in [0.25, 0.3) is 5.56 Å². The Kier molecular flexibility index (Phi) is 4.07. The highest BCUT2D eigenvalue weighted by atomic mass is 32.1. The lowest BCUT2D eigenvalue weighted by Crippen LogP contribution is -2.26. The van der Waals surface area contributed by atoms with Gasteiger partial charge in [0.2, 0.25) is 0 Å². The van der Waals surface area contributed by atoms with Crippen LogP contribution in [-0.4, -0.2) is 24.6 Å². The van der Waals surface area contributed by atoms with E-state index in [1.54, 1.807) is 35.1 Å². The van der Waals surface area contributed by atoms with Crippen LogP contribution in [0.25, 0.3) is 10.6 Å². The van der Waals surface area contributed by atoms with Crippen LogP contribution in [0.2, 0.25) is 0 Å². The Morgan fingerprint density at radius 2 is 2.22 bits per heavy atom. The summed E-state index contributed by atoms with van der Waals surface area (Å²) in [5.41, 5.74) is 0.719. The van der Waals surface area contributed by atoms with Gasteiger partial charge in [-0.2, -0.15) is 0 Å². The lowest BCUT2D eigenvalue weighted by atomic mass is 10.2. The number of nitrogens with zero attached hydrogens (tertiary/aromatic N) is 1. The van der Waals surface area contributed by atoms with Crippen LogP contribution in [-0.2, 0) is 11.3 Å². The van der Waals surface area contributed by atoms with Crippen LogP contribution in [0.1, 0.15) is 10.4 Å². The Morgan fingerprint density at radius 1 is 1.39 bits per heavy atom. The van der Waals surface area contributed by atoms with Gasteiger partial charge in [-0.3, -0.25) is 9.59 Å². The summed E-state index contributed by atoms with van der Waals surface area (Å²) in [6.45, 7) is 0.866. The van der Waals surface area contributed by atoms with Gasteiger partial charge in [0.05, 0.1) is 22.7 Å². The second-order valence-electron chi connectivity index (χ2n) is 3.72. The smallest absolute Gasteiger partial charge is 0.261 e. The van der Waals surface area contributed by atoms with Crippen molar-refractivity contribution in [1.29, 1.82) is 0 Å². The molecule has 2 aromatic rings. The summed E-state index contributed by atoms with van der Waals surface area (Å²) in [6, 6.07) is 7.24. The summed E-state index contributed by atoms with van der Waals surface area (Å²) >= 11 is 1.56. The molecular weight excluding hydrogens is 250 g/mol. The fraction of sp³-hybridized carbons (Fsp3) is 0.231. The van der Waals surface area contributed by atoms with Crippen molar-refractivity contribution in [2.45, 2.75) is 6.54 Å². The summed E-state index contributed by atoms with van der Waals surface area (Å²) < 4.78 is 6.58. The summed E-state index contributed by atoms with van der Waals surface area (Å²) in [6.07, 6.45) is 0.587. The number of thiophene rings is 1. The van der Waals surface area contributed by atoms with Crippen molar-refractivity contribution in [2.24, 2.45) is 0 Å². The lowest BCUT2D eigenvalue weighted by Gasteiger charge is -2.11. The first-order valence-electron chi connectivity index (χ1n) is 5.49. The standard InChI is InChI=1S/C13H13NO3S/c1-17-7-6-14-11(12-3-2-8-18-12)5-4-10(9-15)13(14)16/h2-5,8-9H,6-7H2,1H3. The molecular formula is C13H13NO3S. The highest BCUT2D eigenvalue weighted by molar-refractivity contribution is 7.13. The summed E-state index contributed by atoms with van der Waals surface area (Å²) in [5.74, 6) is 0. The molecule has 0 bridgehead atoms. The van der Waals surface area contributed by atoms with Gasteiger partial charge in [-0.1, -0.05) is 6.07 Å². The van der Waals surface area contributed by atoms with Gasteiger partial charge in [-0.15, -0.1) is 11.3 Å². The van der Waals surface area contributed by atoms with Crippen LogP contribution in [0, 0.1) is 0 Å². The molecule has 0 saturated heterocycles. The maximum absolute atomic E-state index is 12.1. The predicted molar refractivity (Wildman–Crippen MR) is 71.3 cm³/mol. The predicted octanol–water partition coefficient (Wildman–Crippen LogP) is 2.04. The van der Waals surface area contributed by atoms with Gasteiger partial charge in [0.15, 0.2) is 6.29 Å². The number of ether oxygens (including phenoxy) is 1. The molecule has 0 amide bonds. The van der Waals surface area contributed by atoms with E-state index in [1.807, 2.05) is 17.5 Å². The molecule has 0 aliphatic heterocycles. The Morgan fingerprint density at radius 3 is 2.83 bits per heavy atom. The van der Waals surface area contributed by atoms with Crippen LogP contribution >= 0.6 is 11.3 Å². The van der Waals surface area contributed by atoms with E-state index in [2.05, 4.69) is 0 Å². The van der Waals surface area contributed by atoms with Crippen molar-refractivity contribution >= 4 is 17.6 Å². The SMILES string of the molecule is COCCn1c(-c2cccs2)ccc(C=O)c1=O. The quantitative estimate of drug-likeness (QED) is 0.776. The summed E-state index contributed by atoms with van der Waals surface area (Å²) in [5, 5.41) is 1.95. The van der Waals surface area contributed by atoms with E-state index >= 15 is 0 Å². The van der Waals surface area contributed by atoms with Crippen LogP contribution in [0.5, 0.6) is 0 Å². The highest BCUT2D eigenvalue weighted by Crippen LogP contribution is 2.23. The number of carbonyl (C=O) groups is 1. The molecule has 0 unspecified atom stereocenters. The zero-order chi connectivity index (χ0) is 13.0. The van der Waals surface area contributed by atoms with Crippen LogP contribution in [0.15, 0.2) is 34.4 Å². The minimum atomic E-state index is -0.270. The molecule has 0 saturated carbocycles. The topological polar surface area (TPSA) is 48.3 Å². The first-order valence-corrected chi connectivity index (χ1v) is 6.37. The number of hydrogen-bond acceptors (Lipinski definition) is 4. The second kappa shape index (κ2) is 5.75. The number of methoxy groups -OCH3 is 1. The van der Waals surface area contributed by atoms with Crippen molar-refractivity contribution < 1.29 is 9.53 Å². The molecule has 2 rings (SSSR count). The molecule has 0 aliphatic rings. The average Bonchev–Trinajstić information content (AvgIpc) is 2.90. The van der Waals surface area contributed by atoms with Crippen LogP contribution in [0.3, 0.4) is 0 Å².